The first-order valence-electron chi connectivity index (χ1n) is 6.51. The Morgan fingerprint density at radius 3 is 2.33 bits per heavy atom. The van der Waals surface area contributed by atoms with Crippen molar-refractivity contribution in [2.24, 2.45) is 0 Å². The maximum absolute atomic E-state index is 5.56. The zero-order valence-electron chi connectivity index (χ0n) is 10.4. The highest BCUT2D eigenvalue weighted by Crippen LogP contribution is 2.42. The van der Waals surface area contributed by atoms with Crippen LogP contribution < -0.4 is 0 Å². The summed E-state index contributed by atoms with van der Waals surface area (Å²) in [5.41, 5.74) is 5.23. The zero-order chi connectivity index (χ0) is 12.4. The third-order valence-electron chi connectivity index (χ3n) is 3.63. The first-order valence-corrected chi connectivity index (χ1v) is 6.51. The van der Waals surface area contributed by atoms with Crippen molar-refractivity contribution < 1.29 is 0 Å². The maximum Gasteiger partial charge on any atom is 0.0277 e. The van der Waals surface area contributed by atoms with Crippen LogP contribution in [0.2, 0.25) is 0 Å². The van der Waals surface area contributed by atoms with Crippen molar-refractivity contribution >= 4 is 0 Å². The van der Waals surface area contributed by atoms with E-state index in [1.54, 1.807) is 0 Å². The van der Waals surface area contributed by atoms with Crippen LogP contribution in [0.1, 0.15) is 41.0 Å². The second-order valence-electron chi connectivity index (χ2n) is 4.95. The average Bonchev–Trinajstić information content (AvgIpc) is 3.24. The lowest BCUT2D eigenvalue weighted by molar-refractivity contribution is 1.05. The van der Waals surface area contributed by atoms with Crippen LogP contribution in [-0.2, 0) is 6.42 Å². The summed E-state index contributed by atoms with van der Waals surface area (Å²) in [6, 6.07) is 17.0. The van der Waals surface area contributed by atoms with E-state index in [1.807, 2.05) is 12.1 Å². The predicted molar refractivity (Wildman–Crippen MR) is 75.6 cm³/mol. The lowest BCUT2D eigenvalue weighted by Crippen LogP contribution is -1.96. The van der Waals surface area contributed by atoms with Gasteiger partial charge < -0.3 is 0 Å². The van der Waals surface area contributed by atoms with Crippen LogP contribution in [-0.4, -0.2) is 0 Å². The number of hydrogen-bond donors (Lipinski definition) is 0. The van der Waals surface area contributed by atoms with Crippen LogP contribution in [0.25, 0.3) is 0 Å². The Morgan fingerprint density at radius 1 is 0.944 bits per heavy atom. The first kappa shape index (κ1) is 11.1. The van der Waals surface area contributed by atoms with Crippen LogP contribution in [0, 0.1) is 12.3 Å². The van der Waals surface area contributed by atoms with E-state index in [9.17, 15) is 0 Å². The molecule has 0 saturated heterocycles. The summed E-state index contributed by atoms with van der Waals surface area (Å²) in [4.78, 5) is 0. The molecular formula is C18H16. The minimum absolute atomic E-state index is 0.791. The maximum atomic E-state index is 5.56. The van der Waals surface area contributed by atoms with E-state index >= 15 is 0 Å². The topological polar surface area (TPSA) is 0 Å². The quantitative estimate of drug-likeness (QED) is 0.698. The normalized spacial score (nSPS) is 14.2. The molecule has 0 N–H and O–H groups in total. The van der Waals surface area contributed by atoms with Gasteiger partial charge >= 0.3 is 0 Å². The smallest absolute Gasteiger partial charge is 0.0277 e. The second kappa shape index (κ2) is 4.70. The van der Waals surface area contributed by atoms with Crippen LogP contribution in [0.3, 0.4) is 0 Å². The van der Waals surface area contributed by atoms with Crippen LogP contribution in [0.15, 0.2) is 48.5 Å². The monoisotopic (exact) mass is 232 g/mol. The Labute approximate surface area is 109 Å². The highest BCUT2D eigenvalue weighted by Gasteiger charge is 2.25. The Balaban J connectivity index is 1.95. The van der Waals surface area contributed by atoms with Crippen LogP contribution >= 0.6 is 0 Å². The second-order valence-corrected chi connectivity index (χ2v) is 4.95. The zero-order valence-corrected chi connectivity index (χ0v) is 10.4. The van der Waals surface area contributed by atoms with Gasteiger partial charge in [0.05, 0.1) is 0 Å². The van der Waals surface area contributed by atoms with Gasteiger partial charge in [0.1, 0.15) is 0 Å². The van der Waals surface area contributed by atoms with Crippen molar-refractivity contribution in [1.29, 1.82) is 0 Å². The van der Waals surface area contributed by atoms with Gasteiger partial charge in [0.2, 0.25) is 0 Å². The van der Waals surface area contributed by atoms with Gasteiger partial charge in [-0.2, -0.15) is 0 Å². The SMILES string of the molecule is C#Cc1ccccc1Cc1ccccc1C1CC1. The molecule has 0 heterocycles. The summed E-state index contributed by atoms with van der Waals surface area (Å²) in [5, 5.41) is 0. The molecular weight excluding hydrogens is 216 g/mol. The van der Waals surface area contributed by atoms with E-state index in [4.69, 9.17) is 6.42 Å². The molecule has 0 radical (unpaired) electrons. The van der Waals surface area contributed by atoms with E-state index in [2.05, 4.69) is 42.3 Å². The fourth-order valence-corrected chi connectivity index (χ4v) is 2.51. The summed E-state index contributed by atoms with van der Waals surface area (Å²) >= 11 is 0. The molecule has 1 fully saturated rings. The molecule has 0 aromatic heterocycles. The van der Waals surface area contributed by atoms with Crippen molar-refractivity contribution in [2.75, 3.05) is 0 Å². The predicted octanol–water partition coefficient (Wildman–Crippen LogP) is 4.14. The van der Waals surface area contributed by atoms with Crippen molar-refractivity contribution in [1.82, 2.24) is 0 Å². The van der Waals surface area contributed by atoms with Crippen molar-refractivity contribution in [3.63, 3.8) is 0 Å². The summed E-state index contributed by atoms with van der Waals surface area (Å²) < 4.78 is 0. The highest BCUT2D eigenvalue weighted by atomic mass is 14.3. The summed E-state index contributed by atoms with van der Waals surface area (Å²) in [6.45, 7) is 0. The summed E-state index contributed by atoms with van der Waals surface area (Å²) in [7, 11) is 0. The van der Waals surface area contributed by atoms with Gasteiger partial charge in [-0.25, -0.2) is 0 Å². The van der Waals surface area contributed by atoms with Gasteiger partial charge in [0.25, 0.3) is 0 Å². The standard InChI is InChI=1S/C18H16/c1-2-14-7-3-4-8-16(14)13-17-9-5-6-10-18(17)15-11-12-15/h1,3-10,15H,11-13H2. The third kappa shape index (κ3) is 2.17. The molecule has 0 aliphatic heterocycles. The van der Waals surface area contributed by atoms with Crippen molar-refractivity contribution in [3.8, 4) is 12.3 Å². The molecule has 1 aliphatic carbocycles. The molecule has 1 saturated carbocycles. The molecule has 88 valence electrons. The van der Waals surface area contributed by atoms with E-state index in [0.29, 0.717) is 0 Å². The van der Waals surface area contributed by atoms with Crippen molar-refractivity contribution in [3.05, 3.63) is 70.8 Å². The third-order valence-corrected chi connectivity index (χ3v) is 3.63. The van der Waals surface area contributed by atoms with Crippen LogP contribution in [0.5, 0.6) is 0 Å². The molecule has 1 aliphatic rings. The van der Waals surface area contributed by atoms with Gasteiger partial charge in [0, 0.05) is 5.56 Å². The number of terminal acetylenes is 1. The fourth-order valence-electron chi connectivity index (χ4n) is 2.51. The number of rotatable bonds is 3. The Hall–Kier alpha value is -2.00. The van der Waals surface area contributed by atoms with E-state index < -0.39 is 0 Å². The lowest BCUT2D eigenvalue weighted by atomic mass is 9.95. The molecule has 0 nitrogen and oxygen atoms in total. The fraction of sp³-hybridized carbons (Fsp3) is 0.222. The molecule has 2 aromatic rings. The summed E-state index contributed by atoms with van der Waals surface area (Å²) in [5.74, 6) is 3.57. The molecule has 18 heavy (non-hydrogen) atoms. The van der Waals surface area contributed by atoms with Gasteiger partial charge in [-0.05, 0) is 47.9 Å². The summed E-state index contributed by atoms with van der Waals surface area (Å²) in [6.07, 6.45) is 9.20. The van der Waals surface area contributed by atoms with Gasteiger partial charge in [-0.1, -0.05) is 48.4 Å². The van der Waals surface area contributed by atoms with Gasteiger partial charge in [-0.3, -0.25) is 0 Å². The molecule has 3 rings (SSSR count). The Kier molecular flexibility index (Phi) is 2.90. The minimum atomic E-state index is 0.791. The van der Waals surface area contributed by atoms with Crippen LogP contribution in [0.4, 0.5) is 0 Å². The molecule has 0 atom stereocenters. The molecule has 0 bridgehead atoms. The molecule has 0 unspecified atom stereocenters. The van der Waals surface area contributed by atoms with E-state index in [-0.39, 0.29) is 0 Å². The Morgan fingerprint density at radius 2 is 1.61 bits per heavy atom. The lowest BCUT2D eigenvalue weighted by Gasteiger charge is -2.10. The van der Waals surface area contributed by atoms with E-state index in [0.717, 1.165) is 17.9 Å². The number of hydrogen-bond acceptors (Lipinski definition) is 0. The molecule has 0 spiro atoms. The molecule has 0 amide bonds. The highest BCUT2D eigenvalue weighted by molar-refractivity contribution is 5.44. The molecule has 2 aromatic carbocycles. The largest absolute Gasteiger partial charge is 0.115 e. The minimum Gasteiger partial charge on any atom is -0.115 e. The molecule has 0 heteroatoms. The Bertz CT molecular complexity index is 597. The van der Waals surface area contributed by atoms with Crippen molar-refractivity contribution in [2.45, 2.75) is 25.2 Å². The number of benzene rings is 2. The average molecular weight is 232 g/mol. The van der Waals surface area contributed by atoms with Gasteiger partial charge in [-0.15, -0.1) is 6.42 Å². The van der Waals surface area contributed by atoms with E-state index in [1.165, 1.54) is 29.5 Å². The van der Waals surface area contributed by atoms with Gasteiger partial charge in [0.15, 0.2) is 0 Å². The first-order chi connectivity index (χ1) is 8.88.